The molecule has 0 saturated heterocycles. The Hall–Kier alpha value is -1.31. The Morgan fingerprint density at radius 3 is 2.71 bits per heavy atom. The standard InChI is InChI=1S/C15H21NO/c1-3-7-14-11-6-8-12(2)16(14)15(17)13-9-4-5-10-13/h3-6,8,12-14H,1,7,9-11H2,2H3/t12-,14-/m1/s1. The average molecular weight is 231 g/mol. The number of allylic oxidation sites excluding steroid dienone is 2. The Labute approximate surface area is 104 Å². The molecule has 0 aromatic rings. The minimum atomic E-state index is 0.177. The molecule has 0 fully saturated rings. The van der Waals surface area contributed by atoms with Gasteiger partial charge >= 0.3 is 0 Å². The van der Waals surface area contributed by atoms with Gasteiger partial charge in [-0.05, 0) is 32.6 Å². The summed E-state index contributed by atoms with van der Waals surface area (Å²) in [6, 6.07) is 0.530. The van der Waals surface area contributed by atoms with Crippen LogP contribution in [0, 0.1) is 5.92 Å². The molecular formula is C15H21NO. The van der Waals surface area contributed by atoms with Gasteiger partial charge in [-0.2, -0.15) is 0 Å². The molecule has 0 aromatic heterocycles. The third-order valence-electron chi connectivity index (χ3n) is 3.71. The first-order valence-corrected chi connectivity index (χ1v) is 6.48. The number of rotatable bonds is 3. The molecular weight excluding hydrogens is 210 g/mol. The van der Waals surface area contributed by atoms with Crippen LogP contribution in [0.4, 0.5) is 0 Å². The zero-order valence-corrected chi connectivity index (χ0v) is 10.5. The van der Waals surface area contributed by atoms with Gasteiger partial charge < -0.3 is 4.90 Å². The van der Waals surface area contributed by atoms with Crippen LogP contribution in [-0.2, 0) is 4.79 Å². The summed E-state index contributed by atoms with van der Waals surface area (Å²) in [5.41, 5.74) is 0. The van der Waals surface area contributed by atoms with E-state index >= 15 is 0 Å². The molecule has 2 aliphatic rings. The van der Waals surface area contributed by atoms with Crippen molar-refractivity contribution in [1.82, 2.24) is 4.90 Å². The van der Waals surface area contributed by atoms with E-state index in [1.165, 1.54) is 0 Å². The normalized spacial score (nSPS) is 28.6. The van der Waals surface area contributed by atoms with Gasteiger partial charge in [0, 0.05) is 18.0 Å². The van der Waals surface area contributed by atoms with Crippen LogP contribution in [0.25, 0.3) is 0 Å². The number of nitrogens with zero attached hydrogens (tertiary/aromatic N) is 1. The maximum Gasteiger partial charge on any atom is 0.227 e. The lowest BCUT2D eigenvalue weighted by Crippen LogP contribution is -2.49. The van der Waals surface area contributed by atoms with Crippen molar-refractivity contribution in [1.29, 1.82) is 0 Å². The summed E-state index contributed by atoms with van der Waals surface area (Å²) in [4.78, 5) is 14.6. The maximum atomic E-state index is 12.5. The Bertz CT molecular complexity index is 348. The number of hydrogen-bond acceptors (Lipinski definition) is 1. The summed E-state index contributed by atoms with van der Waals surface area (Å²) >= 11 is 0. The maximum absolute atomic E-state index is 12.5. The fraction of sp³-hybridized carbons (Fsp3) is 0.533. The molecule has 1 aliphatic carbocycles. The van der Waals surface area contributed by atoms with E-state index in [-0.39, 0.29) is 12.0 Å². The molecule has 1 heterocycles. The van der Waals surface area contributed by atoms with Gasteiger partial charge in [-0.15, -0.1) is 6.58 Å². The molecule has 92 valence electrons. The molecule has 0 unspecified atom stereocenters. The fourth-order valence-electron chi connectivity index (χ4n) is 2.78. The first-order valence-electron chi connectivity index (χ1n) is 6.48. The Balaban J connectivity index is 2.11. The molecule has 0 spiro atoms. The second-order valence-corrected chi connectivity index (χ2v) is 4.97. The van der Waals surface area contributed by atoms with Crippen molar-refractivity contribution >= 4 is 5.91 Å². The second-order valence-electron chi connectivity index (χ2n) is 4.97. The predicted octanol–water partition coefficient (Wildman–Crippen LogP) is 3.07. The molecule has 2 atom stereocenters. The van der Waals surface area contributed by atoms with Crippen LogP contribution in [0.5, 0.6) is 0 Å². The molecule has 17 heavy (non-hydrogen) atoms. The number of hydrogen-bond donors (Lipinski definition) is 0. The summed E-state index contributed by atoms with van der Waals surface area (Å²) in [6.45, 7) is 5.90. The summed E-state index contributed by atoms with van der Waals surface area (Å²) in [7, 11) is 0. The highest BCUT2D eigenvalue weighted by atomic mass is 16.2. The monoisotopic (exact) mass is 231 g/mol. The highest BCUT2D eigenvalue weighted by molar-refractivity contribution is 5.80. The van der Waals surface area contributed by atoms with Crippen LogP contribution < -0.4 is 0 Å². The highest BCUT2D eigenvalue weighted by Crippen LogP contribution is 2.27. The van der Waals surface area contributed by atoms with Gasteiger partial charge in [0.05, 0.1) is 0 Å². The highest BCUT2D eigenvalue weighted by Gasteiger charge is 2.32. The lowest BCUT2D eigenvalue weighted by molar-refractivity contribution is -0.139. The number of carbonyl (C=O) groups excluding carboxylic acids is 1. The van der Waals surface area contributed by atoms with Crippen molar-refractivity contribution in [3.63, 3.8) is 0 Å². The summed E-state index contributed by atoms with van der Waals surface area (Å²) in [5.74, 6) is 0.495. The first-order chi connectivity index (χ1) is 8.24. The van der Waals surface area contributed by atoms with Gasteiger partial charge in [0.15, 0.2) is 0 Å². The van der Waals surface area contributed by atoms with E-state index in [9.17, 15) is 4.79 Å². The summed E-state index contributed by atoms with van der Waals surface area (Å²) < 4.78 is 0. The Kier molecular flexibility index (Phi) is 3.82. The van der Waals surface area contributed by atoms with Crippen LogP contribution >= 0.6 is 0 Å². The third kappa shape index (κ3) is 2.51. The van der Waals surface area contributed by atoms with Crippen LogP contribution in [-0.4, -0.2) is 22.9 Å². The van der Waals surface area contributed by atoms with Gasteiger partial charge in [0.1, 0.15) is 0 Å². The van der Waals surface area contributed by atoms with E-state index < -0.39 is 0 Å². The SMILES string of the molecule is C=CC[C@@H]1CC=C[C@@H](C)N1C(=O)C1CC=CC1. The summed E-state index contributed by atoms with van der Waals surface area (Å²) in [5, 5.41) is 0. The molecule has 0 aromatic carbocycles. The Morgan fingerprint density at radius 1 is 1.35 bits per heavy atom. The summed E-state index contributed by atoms with van der Waals surface area (Å²) in [6.07, 6.45) is 14.2. The van der Waals surface area contributed by atoms with Gasteiger partial charge in [0.2, 0.25) is 5.91 Å². The van der Waals surface area contributed by atoms with Gasteiger partial charge in [-0.3, -0.25) is 4.79 Å². The Morgan fingerprint density at radius 2 is 2.06 bits per heavy atom. The van der Waals surface area contributed by atoms with E-state index in [1.807, 2.05) is 6.08 Å². The van der Waals surface area contributed by atoms with Crippen LogP contribution in [0.3, 0.4) is 0 Å². The van der Waals surface area contributed by atoms with E-state index in [0.717, 1.165) is 25.7 Å². The number of amides is 1. The minimum Gasteiger partial charge on any atom is -0.333 e. The van der Waals surface area contributed by atoms with Crippen LogP contribution in [0.2, 0.25) is 0 Å². The molecule has 0 bridgehead atoms. The third-order valence-corrected chi connectivity index (χ3v) is 3.71. The predicted molar refractivity (Wildman–Crippen MR) is 70.5 cm³/mol. The smallest absolute Gasteiger partial charge is 0.227 e. The van der Waals surface area contributed by atoms with E-state index in [0.29, 0.717) is 11.9 Å². The van der Waals surface area contributed by atoms with Crippen LogP contribution in [0.1, 0.15) is 32.6 Å². The molecule has 0 N–H and O–H groups in total. The van der Waals surface area contributed by atoms with Gasteiger partial charge in [-0.25, -0.2) is 0 Å². The quantitative estimate of drug-likeness (QED) is 0.684. The van der Waals surface area contributed by atoms with Crippen molar-refractivity contribution < 1.29 is 4.79 Å². The molecule has 1 amide bonds. The van der Waals surface area contributed by atoms with E-state index in [2.05, 4.69) is 42.7 Å². The molecule has 2 rings (SSSR count). The average Bonchev–Trinajstić information content (AvgIpc) is 2.82. The molecule has 0 saturated carbocycles. The first kappa shape index (κ1) is 12.2. The van der Waals surface area contributed by atoms with Gasteiger partial charge in [0.25, 0.3) is 0 Å². The van der Waals surface area contributed by atoms with E-state index in [1.54, 1.807) is 0 Å². The zero-order chi connectivity index (χ0) is 12.3. The fourth-order valence-corrected chi connectivity index (χ4v) is 2.78. The molecule has 2 heteroatoms. The second kappa shape index (κ2) is 5.35. The van der Waals surface area contributed by atoms with Gasteiger partial charge in [-0.1, -0.05) is 30.4 Å². The number of carbonyl (C=O) groups is 1. The molecule has 1 aliphatic heterocycles. The zero-order valence-electron chi connectivity index (χ0n) is 10.5. The lowest BCUT2D eigenvalue weighted by Gasteiger charge is -2.39. The minimum absolute atomic E-state index is 0.177. The van der Waals surface area contributed by atoms with Crippen molar-refractivity contribution in [2.75, 3.05) is 0 Å². The lowest BCUT2D eigenvalue weighted by atomic mass is 9.96. The topological polar surface area (TPSA) is 20.3 Å². The van der Waals surface area contributed by atoms with Crippen LogP contribution in [0.15, 0.2) is 37.0 Å². The molecule has 2 nitrogen and oxygen atoms in total. The molecule has 0 radical (unpaired) electrons. The van der Waals surface area contributed by atoms with E-state index in [4.69, 9.17) is 0 Å². The van der Waals surface area contributed by atoms with Crippen molar-refractivity contribution in [3.05, 3.63) is 37.0 Å². The van der Waals surface area contributed by atoms with Crippen molar-refractivity contribution in [2.45, 2.75) is 44.7 Å². The van der Waals surface area contributed by atoms with Crippen molar-refractivity contribution in [2.24, 2.45) is 5.92 Å². The largest absolute Gasteiger partial charge is 0.333 e. The van der Waals surface area contributed by atoms with Crippen molar-refractivity contribution in [3.8, 4) is 0 Å².